The minimum absolute atomic E-state index is 0.250. The molecule has 0 saturated heterocycles. The van der Waals surface area contributed by atoms with E-state index in [9.17, 15) is 9.50 Å². The molecule has 0 radical (unpaired) electrons. The van der Waals surface area contributed by atoms with Gasteiger partial charge in [0.1, 0.15) is 5.82 Å². The third-order valence-electron chi connectivity index (χ3n) is 2.74. The van der Waals surface area contributed by atoms with Crippen molar-refractivity contribution >= 4 is 15.9 Å². The van der Waals surface area contributed by atoms with E-state index in [1.807, 2.05) is 24.3 Å². The standard InChI is InChI=1S/C15H14BrFO/c16-13-3-1-2-12(8-13)10-15(18)9-11-4-6-14(17)7-5-11/h1-8,15,18H,9-10H2. The molecule has 2 aromatic carbocycles. The first kappa shape index (κ1) is 13.2. The van der Waals surface area contributed by atoms with Crippen LogP contribution in [-0.4, -0.2) is 11.2 Å². The topological polar surface area (TPSA) is 20.2 Å². The van der Waals surface area contributed by atoms with E-state index in [4.69, 9.17) is 0 Å². The maximum Gasteiger partial charge on any atom is 0.123 e. The Kier molecular flexibility index (Phi) is 4.50. The summed E-state index contributed by atoms with van der Waals surface area (Å²) in [6.07, 6.45) is 0.675. The lowest BCUT2D eigenvalue weighted by molar-refractivity contribution is 0.175. The van der Waals surface area contributed by atoms with Crippen LogP contribution in [0.15, 0.2) is 53.0 Å². The molecule has 0 aliphatic carbocycles. The summed E-state index contributed by atoms with van der Waals surface area (Å²) in [6, 6.07) is 14.1. The maximum absolute atomic E-state index is 12.7. The Morgan fingerprint density at radius 2 is 1.67 bits per heavy atom. The minimum atomic E-state index is -0.454. The van der Waals surface area contributed by atoms with Gasteiger partial charge in [0.25, 0.3) is 0 Å². The number of aliphatic hydroxyl groups excluding tert-OH is 1. The fraction of sp³-hybridized carbons (Fsp3) is 0.200. The van der Waals surface area contributed by atoms with Crippen LogP contribution in [0.5, 0.6) is 0 Å². The molecule has 0 bridgehead atoms. The molecular weight excluding hydrogens is 295 g/mol. The lowest BCUT2D eigenvalue weighted by atomic mass is 10.0. The Morgan fingerprint density at radius 3 is 2.33 bits per heavy atom. The molecule has 0 saturated carbocycles. The molecule has 1 N–H and O–H groups in total. The molecular formula is C15H14BrFO. The van der Waals surface area contributed by atoms with Crippen LogP contribution in [0.2, 0.25) is 0 Å². The van der Waals surface area contributed by atoms with E-state index >= 15 is 0 Å². The predicted octanol–water partition coefficient (Wildman–Crippen LogP) is 3.73. The molecule has 0 aliphatic rings. The van der Waals surface area contributed by atoms with Crippen molar-refractivity contribution in [3.8, 4) is 0 Å². The average Bonchev–Trinajstić information content (AvgIpc) is 2.32. The van der Waals surface area contributed by atoms with Crippen LogP contribution in [-0.2, 0) is 12.8 Å². The third-order valence-corrected chi connectivity index (χ3v) is 3.24. The number of hydrogen-bond acceptors (Lipinski definition) is 1. The minimum Gasteiger partial charge on any atom is -0.392 e. The fourth-order valence-electron chi connectivity index (χ4n) is 1.90. The molecule has 0 fully saturated rings. The van der Waals surface area contributed by atoms with Crippen LogP contribution in [0.25, 0.3) is 0 Å². The van der Waals surface area contributed by atoms with E-state index in [-0.39, 0.29) is 5.82 Å². The maximum atomic E-state index is 12.7. The summed E-state index contributed by atoms with van der Waals surface area (Å²) < 4.78 is 13.8. The van der Waals surface area contributed by atoms with Crippen LogP contribution >= 0.6 is 15.9 Å². The van der Waals surface area contributed by atoms with Crippen LogP contribution in [0.3, 0.4) is 0 Å². The normalized spacial score (nSPS) is 12.4. The molecule has 0 aromatic heterocycles. The molecule has 2 aromatic rings. The molecule has 2 rings (SSSR count). The zero-order valence-corrected chi connectivity index (χ0v) is 11.4. The number of halogens is 2. The Balaban J connectivity index is 1.96. The summed E-state index contributed by atoms with van der Waals surface area (Å²) >= 11 is 3.40. The van der Waals surface area contributed by atoms with Gasteiger partial charge in [0, 0.05) is 4.47 Å². The Labute approximate surface area is 114 Å². The second-order valence-corrected chi connectivity index (χ2v) is 5.23. The Hall–Kier alpha value is -1.19. The summed E-state index contributed by atoms with van der Waals surface area (Å²) in [5.41, 5.74) is 2.03. The summed E-state index contributed by atoms with van der Waals surface area (Å²) in [4.78, 5) is 0. The van der Waals surface area contributed by atoms with Gasteiger partial charge in [-0.2, -0.15) is 0 Å². The first-order chi connectivity index (χ1) is 8.63. The number of benzene rings is 2. The molecule has 18 heavy (non-hydrogen) atoms. The molecule has 1 nitrogen and oxygen atoms in total. The van der Waals surface area contributed by atoms with Gasteiger partial charge >= 0.3 is 0 Å². The Morgan fingerprint density at radius 1 is 1.00 bits per heavy atom. The van der Waals surface area contributed by atoms with Crippen molar-refractivity contribution in [3.63, 3.8) is 0 Å². The van der Waals surface area contributed by atoms with Crippen LogP contribution in [0.4, 0.5) is 4.39 Å². The van der Waals surface area contributed by atoms with E-state index in [0.29, 0.717) is 12.8 Å². The first-order valence-corrected chi connectivity index (χ1v) is 6.60. The highest BCUT2D eigenvalue weighted by Crippen LogP contribution is 2.15. The summed E-state index contributed by atoms with van der Waals surface area (Å²) in [6.45, 7) is 0. The van der Waals surface area contributed by atoms with Gasteiger partial charge in [0.05, 0.1) is 6.10 Å². The van der Waals surface area contributed by atoms with Gasteiger partial charge in [-0.1, -0.05) is 40.2 Å². The van der Waals surface area contributed by atoms with Gasteiger partial charge in [-0.05, 0) is 48.2 Å². The van der Waals surface area contributed by atoms with Crippen LogP contribution in [0, 0.1) is 5.82 Å². The summed E-state index contributed by atoms with van der Waals surface area (Å²) in [5, 5.41) is 10.0. The zero-order chi connectivity index (χ0) is 13.0. The molecule has 0 amide bonds. The van der Waals surface area contributed by atoms with Crippen LogP contribution in [0.1, 0.15) is 11.1 Å². The average molecular weight is 309 g/mol. The van der Waals surface area contributed by atoms with Crippen molar-refractivity contribution < 1.29 is 9.50 Å². The lowest BCUT2D eigenvalue weighted by Gasteiger charge is -2.11. The van der Waals surface area contributed by atoms with Gasteiger partial charge in [-0.25, -0.2) is 4.39 Å². The summed E-state index contributed by atoms with van der Waals surface area (Å²) in [5.74, 6) is -0.250. The van der Waals surface area contributed by atoms with Crippen molar-refractivity contribution in [2.24, 2.45) is 0 Å². The van der Waals surface area contributed by atoms with E-state index in [1.54, 1.807) is 12.1 Å². The van der Waals surface area contributed by atoms with Gasteiger partial charge in [-0.15, -0.1) is 0 Å². The van der Waals surface area contributed by atoms with Gasteiger partial charge in [0.15, 0.2) is 0 Å². The zero-order valence-electron chi connectivity index (χ0n) is 9.81. The van der Waals surface area contributed by atoms with E-state index in [2.05, 4.69) is 15.9 Å². The quantitative estimate of drug-likeness (QED) is 0.912. The van der Waals surface area contributed by atoms with E-state index in [1.165, 1.54) is 12.1 Å². The Bertz CT molecular complexity index is 510. The van der Waals surface area contributed by atoms with Crippen molar-refractivity contribution in [3.05, 3.63) is 69.9 Å². The van der Waals surface area contributed by atoms with Crippen molar-refractivity contribution in [2.75, 3.05) is 0 Å². The number of aliphatic hydroxyl groups is 1. The molecule has 3 heteroatoms. The molecule has 1 unspecified atom stereocenters. The van der Waals surface area contributed by atoms with Gasteiger partial charge in [-0.3, -0.25) is 0 Å². The largest absolute Gasteiger partial charge is 0.392 e. The second kappa shape index (κ2) is 6.12. The number of hydrogen-bond donors (Lipinski definition) is 1. The van der Waals surface area contributed by atoms with E-state index < -0.39 is 6.10 Å². The van der Waals surface area contributed by atoms with Crippen molar-refractivity contribution in [1.82, 2.24) is 0 Å². The summed E-state index contributed by atoms with van der Waals surface area (Å²) in [7, 11) is 0. The lowest BCUT2D eigenvalue weighted by Crippen LogP contribution is -2.13. The van der Waals surface area contributed by atoms with E-state index in [0.717, 1.165) is 15.6 Å². The van der Waals surface area contributed by atoms with Crippen LogP contribution < -0.4 is 0 Å². The van der Waals surface area contributed by atoms with Gasteiger partial charge in [0.2, 0.25) is 0 Å². The number of rotatable bonds is 4. The van der Waals surface area contributed by atoms with Gasteiger partial charge < -0.3 is 5.11 Å². The highest BCUT2D eigenvalue weighted by Gasteiger charge is 2.07. The fourth-order valence-corrected chi connectivity index (χ4v) is 2.35. The second-order valence-electron chi connectivity index (χ2n) is 4.32. The molecule has 0 aliphatic heterocycles. The molecule has 0 heterocycles. The smallest absolute Gasteiger partial charge is 0.123 e. The van der Waals surface area contributed by atoms with Crippen molar-refractivity contribution in [1.29, 1.82) is 0 Å². The SMILES string of the molecule is OC(Cc1ccc(F)cc1)Cc1cccc(Br)c1. The molecule has 94 valence electrons. The monoisotopic (exact) mass is 308 g/mol. The highest BCUT2D eigenvalue weighted by molar-refractivity contribution is 9.10. The third kappa shape index (κ3) is 3.93. The predicted molar refractivity (Wildman–Crippen MR) is 74.0 cm³/mol. The molecule has 1 atom stereocenters. The molecule has 0 spiro atoms. The van der Waals surface area contributed by atoms with Crippen molar-refractivity contribution in [2.45, 2.75) is 18.9 Å². The highest BCUT2D eigenvalue weighted by atomic mass is 79.9. The first-order valence-electron chi connectivity index (χ1n) is 5.80.